The predicted molar refractivity (Wildman–Crippen MR) is 158 cm³/mol. The van der Waals surface area contributed by atoms with Crippen molar-refractivity contribution in [1.82, 2.24) is 19.2 Å². The lowest BCUT2D eigenvalue weighted by molar-refractivity contribution is 0.0526. The molecule has 2 amide bonds. The highest BCUT2D eigenvalue weighted by Crippen LogP contribution is 2.39. The zero-order valence-electron chi connectivity index (χ0n) is 23.2. The molecule has 41 heavy (non-hydrogen) atoms. The van der Waals surface area contributed by atoms with Crippen LogP contribution in [0.25, 0.3) is 11.5 Å². The van der Waals surface area contributed by atoms with E-state index in [2.05, 4.69) is 41.1 Å². The number of aryl methyl sites for hydroxylation is 2. The molecule has 1 aliphatic heterocycles. The molecule has 206 valence electrons. The van der Waals surface area contributed by atoms with Gasteiger partial charge in [0.15, 0.2) is 0 Å². The third-order valence-corrected chi connectivity index (χ3v) is 7.35. The highest BCUT2D eigenvalue weighted by Gasteiger charge is 2.36. The van der Waals surface area contributed by atoms with Crippen LogP contribution < -0.4 is 5.32 Å². The maximum Gasteiger partial charge on any atom is 0.338 e. The Kier molecular flexibility index (Phi) is 6.89. The first-order chi connectivity index (χ1) is 19.9. The quantitative estimate of drug-likeness (QED) is 0.253. The van der Waals surface area contributed by atoms with Crippen LogP contribution in [0.5, 0.6) is 0 Å². The van der Waals surface area contributed by atoms with Crippen LogP contribution in [0.1, 0.15) is 51.4 Å². The number of esters is 1. The maximum absolute atomic E-state index is 14.1. The van der Waals surface area contributed by atoms with E-state index >= 15 is 0 Å². The number of nitrogens with one attached hydrogen (secondary N) is 1. The summed E-state index contributed by atoms with van der Waals surface area (Å²) in [5.74, 6) is 0.525. The Bertz CT molecular complexity index is 1720. The first kappa shape index (κ1) is 26.1. The lowest BCUT2D eigenvalue weighted by Gasteiger charge is -2.31. The zero-order valence-corrected chi connectivity index (χ0v) is 23.2. The molecular formula is C33H31N5O3. The zero-order chi connectivity index (χ0) is 28.5. The summed E-state index contributed by atoms with van der Waals surface area (Å²) in [4.78, 5) is 28.1. The molecule has 0 saturated heterocycles. The van der Waals surface area contributed by atoms with Gasteiger partial charge in [-0.2, -0.15) is 5.10 Å². The van der Waals surface area contributed by atoms with Crippen molar-refractivity contribution in [3.05, 3.63) is 131 Å². The van der Waals surface area contributed by atoms with Gasteiger partial charge in [-0.15, -0.1) is 0 Å². The minimum Gasteiger partial charge on any atom is -0.462 e. The van der Waals surface area contributed by atoms with Crippen LogP contribution in [0, 0.1) is 13.8 Å². The fraction of sp³-hybridized carbons (Fsp3) is 0.182. The van der Waals surface area contributed by atoms with Gasteiger partial charge < -0.3 is 19.5 Å². The molecule has 0 saturated carbocycles. The predicted octanol–water partition coefficient (Wildman–Crippen LogP) is 6.59. The number of para-hydroxylation sites is 1. The number of nitrogens with zero attached hydrogens (tertiary/aromatic N) is 4. The topological polar surface area (TPSA) is 81.4 Å². The average molecular weight is 546 g/mol. The van der Waals surface area contributed by atoms with Gasteiger partial charge in [0.2, 0.25) is 0 Å². The summed E-state index contributed by atoms with van der Waals surface area (Å²) >= 11 is 0. The highest BCUT2D eigenvalue weighted by atomic mass is 16.5. The lowest BCUT2D eigenvalue weighted by atomic mass is 10.00. The number of hydrogen-bond donors (Lipinski definition) is 1. The second kappa shape index (κ2) is 10.8. The Morgan fingerprint density at radius 3 is 2.46 bits per heavy atom. The van der Waals surface area contributed by atoms with E-state index in [1.165, 1.54) is 0 Å². The minimum absolute atomic E-state index is 0.257. The van der Waals surface area contributed by atoms with Gasteiger partial charge >= 0.3 is 12.0 Å². The summed E-state index contributed by atoms with van der Waals surface area (Å²) < 4.78 is 9.19. The van der Waals surface area contributed by atoms with Crippen LogP contribution in [0.3, 0.4) is 0 Å². The molecule has 1 atom stereocenters. The van der Waals surface area contributed by atoms with Crippen molar-refractivity contribution in [1.29, 1.82) is 0 Å². The van der Waals surface area contributed by atoms with Gasteiger partial charge in [-0.25, -0.2) is 14.3 Å². The Balaban J connectivity index is 1.45. The fourth-order valence-electron chi connectivity index (χ4n) is 5.44. The van der Waals surface area contributed by atoms with E-state index in [1.54, 1.807) is 31.2 Å². The van der Waals surface area contributed by atoms with Crippen LogP contribution in [-0.2, 0) is 11.3 Å². The molecule has 6 rings (SSSR count). The number of amides is 2. The van der Waals surface area contributed by atoms with Crippen molar-refractivity contribution >= 4 is 17.7 Å². The molecule has 5 aromatic rings. The number of hydrogen-bond acceptors (Lipinski definition) is 4. The van der Waals surface area contributed by atoms with Crippen molar-refractivity contribution in [2.45, 2.75) is 33.4 Å². The maximum atomic E-state index is 14.1. The molecule has 1 N–H and O–H groups in total. The number of urea groups is 1. The SMILES string of the molecule is CCOC(=O)c1ccc(NC(=O)N2Cc3c(C)nn(-c4ccccc4)c3-n3cccc3[C@H]2c2cccc(C)c2)cc1. The minimum atomic E-state index is -0.392. The molecule has 3 heterocycles. The largest absolute Gasteiger partial charge is 0.462 e. The van der Waals surface area contributed by atoms with Gasteiger partial charge in [-0.1, -0.05) is 48.0 Å². The molecule has 2 aromatic heterocycles. The summed E-state index contributed by atoms with van der Waals surface area (Å²) in [5, 5.41) is 7.97. The standard InChI is InChI=1S/C33H31N5O3/c1-4-41-32(39)24-15-17-26(18-16-24)34-33(40)37-21-28-23(3)35-38(27-12-6-5-7-13-27)31(28)36-19-9-14-29(36)30(37)25-11-8-10-22(2)20-25/h5-20,30H,4,21H2,1-3H3,(H,34,40)/t30-/m1/s1. The van der Waals surface area contributed by atoms with Gasteiger partial charge in [0.05, 0.1) is 41.8 Å². The fourth-order valence-corrected chi connectivity index (χ4v) is 5.44. The Labute approximate surface area is 238 Å². The monoisotopic (exact) mass is 545 g/mol. The normalized spacial score (nSPS) is 14.1. The molecule has 0 spiro atoms. The molecule has 0 fully saturated rings. The summed E-state index contributed by atoms with van der Waals surface area (Å²) in [5.41, 5.74) is 6.87. The van der Waals surface area contributed by atoms with Gasteiger partial charge in [-0.05, 0) is 74.9 Å². The lowest BCUT2D eigenvalue weighted by Crippen LogP contribution is -2.38. The molecule has 1 aliphatic rings. The van der Waals surface area contributed by atoms with Crippen LogP contribution in [0.15, 0.2) is 97.2 Å². The number of rotatable bonds is 5. The Morgan fingerprint density at radius 1 is 0.951 bits per heavy atom. The molecule has 0 unspecified atom stereocenters. The highest BCUT2D eigenvalue weighted by molar-refractivity contribution is 5.92. The van der Waals surface area contributed by atoms with Crippen LogP contribution in [0.2, 0.25) is 0 Å². The van der Waals surface area contributed by atoms with E-state index < -0.39 is 5.97 Å². The average Bonchev–Trinajstić information content (AvgIpc) is 3.54. The first-order valence-electron chi connectivity index (χ1n) is 13.7. The van der Waals surface area contributed by atoms with Crippen molar-refractivity contribution in [2.75, 3.05) is 11.9 Å². The number of benzene rings is 3. The van der Waals surface area contributed by atoms with E-state index in [0.29, 0.717) is 24.4 Å². The summed E-state index contributed by atoms with van der Waals surface area (Å²) in [7, 11) is 0. The molecule has 0 aliphatic carbocycles. The molecule has 8 heteroatoms. The molecule has 3 aromatic carbocycles. The van der Waals surface area contributed by atoms with E-state index in [4.69, 9.17) is 9.84 Å². The van der Waals surface area contributed by atoms with Crippen LogP contribution in [0.4, 0.5) is 10.5 Å². The number of carbonyl (C=O) groups is 2. The van der Waals surface area contributed by atoms with E-state index in [9.17, 15) is 9.59 Å². The molecular weight excluding hydrogens is 514 g/mol. The van der Waals surface area contributed by atoms with Crippen molar-refractivity contribution < 1.29 is 14.3 Å². The van der Waals surface area contributed by atoms with E-state index in [0.717, 1.165) is 39.6 Å². The third-order valence-electron chi connectivity index (χ3n) is 7.35. The molecule has 0 bridgehead atoms. The number of anilines is 1. The van der Waals surface area contributed by atoms with Crippen molar-refractivity contribution in [2.24, 2.45) is 0 Å². The van der Waals surface area contributed by atoms with Crippen LogP contribution >= 0.6 is 0 Å². The van der Waals surface area contributed by atoms with Gasteiger partial charge in [0, 0.05) is 17.4 Å². The number of ether oxygens (including phenoxy) is 1. The number of carbonyl (C=O) groups excluding carboxylic acids is 2. The molecule has 8 nitrogen and oxygen atoms in total. The van der Waals surface area contributed by atoms with Gasteiger partial charge in [0.25, 0.3) is 0 Å². The van der Waals surface area contributed by atoms with Gasteiger partial charge in [0.1, 0.15) is 5.82 Å². The summed E-state index contributed by atoms with van der Waals surface area (Å²) in [6.45, 7) is 6.46. The summed E-state index contributed by atoms with van der Waals surface area (Å²) in [6, 6.07) is 28.5. The van der Waals surface area contributed by atoms with Crippen LogP contribution in [-0.4, -0.2) is 37.9 Å². The Morgan fingerprint density at radius 2 is 1.73 bits per heavy atom. The Hall–Kier alpha value is -5.11. The molecule has 0 radical (unpaired) electrons. The second-order valence-electron chi connectivity index (χ2n) is 10.1. The smallest absolute Gasteiger partial charge is 0.338 e. The first-order valence-corrected chi connectivity index (χ1v) is 13.7. The number of fused-ring (bicyclic) bond motifs is 3. The third kappa shape index (κ3) is 4.89. The second-order valence-corrected chi connectivity index (χ2v) is 10.1. The van der Waals surface area contributed by atoms with Crippen molar-refractivity contribution in [3.8, 4) is 11.5 Å². The van der Waals surface area contributed by atoms with E-state index in [1.807, 2.05) is 65.2 Å². The van der Waals surface area contributed by atoms with E-state index in [-0.39, 0.29) is 12.1 Å². The van der Waals surface area contributed by atoms with Gasteiger partial charge in [-0.3, -0.25) is 0 Å². The number of aromatic nitrogens is 3. The summed E-state index contributed by atoms with van der Waals surface area (Å²) in [6.07, 6.45) is 2.03. The van der Waals surface area contributed by atoms with Crippen molar-refractivity contribution in [3.63, 3.8) is 0 Å².